The molecule has 262 valence electrons. The summed E-state index contributed by atoms with van der Waals surface area (Å²) in [6.07, 6.45) is 2.93. The van der Waals surface area contributed by atoms with Gasteiger partial charge in [-0.15, -0.1) is 5.10 Å². The molecule has 53 heavy (non-hydrogen) atoms. The van der Waals surface area contributed by atoms with E-state index in [0.717, 1.165) is 74.9 Å². The summed E-state index contributed by atoms with van der Waals surface area (Å²) >= 11 is 8.34. The van der Waals surface area contributed by atoms with Gasteiger partial charge in [0.2, 0.25) is 0 Å². The lowest BCUT2D eigenvalue weighted by Gasteiger charge is -2.36. The minimum Gasteiger partial charge on any atom is -0.314 e. The summed E-state index contributed by atoms with van der Waals surface area (Å²) in [6, 6.07) is 48.3. The minimum atomic E-state index is -0.856. The summed E-state index contributed by atoms with van der Waals surface area (Å²) in [5.74, 6) is 2.34. The van der Waals surface area contributed by atoms with E-state index in [1.165, 1.54) is 11.5 Å². The van der Waals surface area contributed by atoms with Crippen molar-refractivity contribution in [3.63, 3.8) is 0 Å². The van der Waals surface area contributed by atoms with E-state index in [2.05, 4.69) is 141 Å². The molecule has 3 aromatic heterocycles. The summed E-state index contributed by atoms with van der Waals surface area (Å²) in [5, 5.41) is 15.2. The van der Waals surface area contributed by atoms with Gasteiger partial charge in [0.1, 0.15) is 28.0 Å². The lowest BCUT2D eigenvalue weighted by atomic mass is 9.77. The van der Waals surface area contributed by atoms with Gasteiger partial charge in [0.05, 0.1) is 6.54 Å². The van der Waals surface area contributed by atoms with Crippen LogP contribution in [0.1, 0.15) is 53.7 Å². The molecule has 10 heteroatoms. The second kappa shape index (κ2) is 15.1. The fraction of sp³-hybridized carbons (Fsp3) is 0.163. The second-order valence-electron chi connectivity index (χ2n) is 13.0. The largest absolute Gasteiger partial charge is 0.314 e. The maximum Gasteiger partial charge on any atom is 0.184 e. The van der Waals surface area contributed by atoms with Crippen LogP contribution in [0, 0.1) is 6.92 Å². The third-order valence-corrected chi connectivity index (χ3v) is 10.8. The fourth-order valence-electron chi connectivity index (χ4n) is 7.08. The summed E-state index contributed by atoms with van der Waals surface area (Å²) in [7, 11) is 0. The van der Waals surface area contributed by atoms with Crippen LogP contribution in [0.5, 0.6) is 0 Å². The summed E-state index contributed by atoms with van der Waals surface area (Å²) in [6.45, 7) is 4.66. The summed E-state index contributed by atoms with van der Waals surface area (Å²) in [4.78, 5) is 9.51. The van der Waals surface area contributed by atoms with Crippen molar-refractivity contribution in [2.45, 2.75) is 45.2 Å². The lowest BCUT2D eigenvalue weighted by molar-refractivity contribution is 0.451. The zero-order chi connectivity index (χ0) is 36.2. The highest BCUT2D eigenvalue weighted by Crippen LogP contribution is 2.43. The molecule has 0 fully saturated rings. The number of benzene rings is 5. The van der Waals surface area contributed by atoms with Crippen molar-refractivity contribution >= 4 is 23.1 Å². The maximum atomic E-state index is 7.01. The Kier molecular flexibility index (Phi) is 9.76. The van der Waals surface area contributed by atoms with Crippen LogP contribution in [-0.4, -0.2) is 39.1 Å². The molecule has 0 saturated carbocycles. The molecule has 8 nitrogen and oxygen atoms in total. The first kappa shape index (κ1) is 34.3. The number of hydrogen-bond acceptors (Lipinski definition) is 7. The molecular formula is C43H37ClN8S. The van der Waals surface area contributed by atoms with Gasteiger partial charge in [-0.3, -0.25) is 0 Å². The van der Waals surface area contributed by atoms with E-state index >= 15 is 0 Å². The van der Waals surface area contributed by atoms with Gasteiger partial charge in [-0.25, -0.2) is 14.6 Å². The Morgan fingerprint density at radius 2 is 1.28 bits per heavy atom. The van der Waals surface area contributed by atoms with Crippen LogP contribution in [0.2, 0.25) is 5.15 Å². The first-order valence-corrected chi connectivity index (χ1v) is 18.9. The van der Waals surface area contributed by atoms with E-state index in [-0.39, 0.29) is 0 Å². The highest BCUT2D eigenvalue weighted by Gasteiger charge is 2.42. The number of unbranched alkanes of at least 4 members (excludes halogenated alkanes) is 1. The van der Waals surface area contributed by atoms with Crippen LogP contribution >= 0.6 is 23.1 Å². The van der Waals surface area contributed by atoms with Crippen LogP contribution in [0.25, 0.3) is 33.2 Å². The van der Waals surface area contributed by atoms with Crippen molar-refractivity contribution in [3.05, 3.63) is 179 Å². The van der Waals surface area contributed by atoms with E-state index in [9.17, 15) is 0 Å². The van der Waals surface area contributed by atoms with Crippen LogP contribution in [-0.2, 0) is 18.5 Å². The van der Waals surface area contributed by atoms with Crippen LogP contribution < -0.4 is 0 Å². The fourth-order valence-corrected chi connectivity index (χ4v) is 8.09. The van der Waals surface area contributed by atoms with E-state index in [0.29, 0.717) is 23.2 Å². The van der Waals surface area contributed by atoms with Gasteiger partial charge < -0.3 is 4.57 Å². The van der Waals surface area contributed by atoms with E-state index in [1.54, 1.807) is 0 Å². The smallest absolute Gasteiger partial charge is 0.184 e. The van der Waals surface area contributed by atoms with Crippen molar-refractivity contribution in [1.82, 2.24) is 39.1 Å². The van der Waals surface area contributed by atoms with E-state index < -0.39 is 5.54 Å². The van der Waals surface area contributed by atoms with Crippen molar-refractivity contribution in [3.8, 4) is 33.2 Å². The summed E-state index contributed by atoms with van der Waals surface area (Å²) in [5.41, 5.74) is 7.11. The van der Waals surface area contributed by atoms with Gasteiger partial charge in [0.15, 0.2) is 10.8 Å². The van der Waals surface area contributed by atoms with Gasteiger partial charge in [0.25, 0.3) is 0 Å². The number of rotatable bonds is 12. The Balaban J connectivity index is 1.20. The highest BCUT2D eigenvalue weighted by atomic mass is 35.5. The maximum absolute atomic E-state index is 7.01. The molecule has 0 spiro atoms. The molecule has 0 bridgehead atoms. The van der Waals surface area contributed by atoms with Gasteiger partial charge in [-0.05, 0) is 68.7 Å². The van der Waals surface area contributed by atoms with E-state index in [1.807, 2.05) is 35.9 Å². The molecule has 0 atom stereocenters. The van der Waals surface area contributed by atoms with Crippen LogP contribution in [0.3, 0.4) is 0 Å². The molecule has 0 aliphatic carbocycles. The Hall–Kier alpha value is -5.77. The van der Waals surface area contributed by atoms with Crippen LogP contribution in [0.15, 0.2) is 140 Å². The van der Waals surface area contributed by atoms with E-state index in [4.69, 9.17) is 26.9 Å². The molecule has 0 saturated heterocycles. The third kappa shape index (κ3) is 6.47. The van der Waals surface area contributed by atoms with Crippen molar-refractivity contribution in [2.24, 2.45) is 0 Å². The molecule has 3 heterocycles. The SMILES string of the molecule is CCCCc1nc(-c2nc(C)ns2)c(Cl)n1Cc1ccc(-c2ccccc2-c2nnnn2C(c2ccccc2)(c2ccccc2)c2ccccc2)cc1. The zero-order valence-electron chi connectivity index (χ0n) is 29.5. The van der Waals surface area contributed by atoms with Crippen LogP contribution in [0.4, 0.5) is 0 Å². The minimum absolute atomic E-state index is 0.590. The predicted molar refractivity (Wildman–Crippen MR) is 212 cm³/mol. The monoisotopic (exact) mass is 732 g/mol. The molecule has 0 radical (unpaired) electrons. The molecule has 8 aromatic rings. The number of aromatic nitrogens is 8. The molecule has 0 aliphatic heterocycles. The normalized spacial score (nSPS) is 11.6. The predicted octanol–water partition coefficient (Wildman–Crippen LogP) is 9.92. The first-order chi connectivity index (χ1) is 26.1. The Morgan fingerprint density at radius 1 is 0.698 bits per heavy atom. The quantitative estimate of drug-likeness (QED) is 0.116. The third-order valence-electron chi connectivity index (χ3n) is 9.60. The number of imidazole rings is 1. The average Bonchev–Trinajstić information content (AvgIpc) is 3.95. The van der Waals surface area contributed by atoms with Gasteiger partial charge in [-0.1, -0.05) is 164 Å². The Labute approximate surface area is 318 Å². The number of nitrogens with zero attached hydrogens (tertiary/aromatic N) is 8. The molecule has 8 rings (SSSR count). The Bertz CT molecular complexity index is 2340. The van der Waals surface area contributed by atoms with Gasteiger partial charge in [0, 0.05) is 12.0 Å². The molecule has 0 amide bonds. The topological polar surface area (TPSA) is 87.2 Å². The first-order valence-electron chi connectivity index (χ1n) is 17.8. The zero-order valence-corrected chi connectivity index (χ0v) is 31.0. The number of halogens is 1. The average molecular weight is 733 g/mol. The lowest BCUT2D eigenvalue weighted by Crippen LogP contribution is -2.39. The standard InChI is InChI=1S/C43H37ClN8S/c1-3-4-24-38-46-39(42-45-30(2)48-53-42)40(44)51(38)29-31-25-27-32(28-26-31)36-22-14-15-23-37(36)41-47-49-50-52(41)43(33-16-8-5-9-17-33,34-18-10-6-11-19-34)35-20-12-7-13-21-35/h5-23,25-28H,3-4,24,29H2,1-2H3. The second-order valence-corrected chi connectivity index (χ2v) is 14.1. The van der Waals surface area contributed by atoms with Gasteiger partial charge >= 0.3 is 0 Å². The molecule has 0 aliphatic rings. The number of hydrogen-bond donors (Lipinski definition) is 0. The van der Waals surface area contributed by atoms with Crippen molar-refractivity contribution in [1.29, 1.82) is 0 Å². The molecular weight excluding hydrogens is 696 g/mol. The highest BCUT2D eigenvalue weighted by molar-refractivity contribution is 7.09. The molecule has 0 N–H and O–H groups in total. The number of aryl methyl sites for hydroxylation is 2. The van der Waals surface area contributed by atoms with Crippen molar-refractivity contribution < 1.29 is 0 Å². The number of tetrazole rings is 1. The van der Waals surface area contributed by atoms with Crippen molar-refractivity contribution in [2.75, 3.05) is 0 Å². The van der Waals surface area contributed by atoms with Gasteiger partial charge in [-0.2, -0.15) is 4.37 Å². The summed E-state index contributed by atoms with van der Waals surface area (Å²) < 4.78 is 8.45. The Morgan fingerprint density at radius 3 is 1.85 bits per heavy atom. The molecule has 0 unspecified atom stereocenters. The molecule has 5 aromatic carbocycles.